The first kappa shape index (κ1) is 15.6. The standard InChI is InChI=1S/C15H17N3O4/c1-18-14(20)12(13(19)17-15(18)21)9-16-8-7-10-3-5-11(22-2)6-4-10/h3-6,9,20H,7-8H2,1-2H3,(H,17,19,21). The lowest BCUT2D eigenvalue weighted by molar-refractivity contribution is 0.414. The van der Waals surface area contributed by atoms with E-state index >= 15 is 0 Å². The smallest absolute Gasteiger partial charge is 0.330 e. The Morgan fingerprint density at radius 3 is 2.64 bits per heavy atom. The molecule has 0 spiro atoms. The molecule has 0 amide bonds. The molecule has 0 bridgehead atoms. The number of aromatic nitrogens is 2. The number of nitrogens with zero attached hydrogens (tertiary/aromatic N) is 2. The second kappa shape index (κ2) is 6.75. The highest BCUT2D eigenvalue weighted by molar-refractivity contribution is 5.81. The van der Waals surface area contributed by atoms with Crippen LogP contribution in [-0.4, -0.2) is 34.5 Å². The normalized spacial score (nSPS) is 11.0. The van der Waals surface area contributed by atoms with Crippen molar-refractivity contribution in [3.63, 3.8) is 0 Å². The van der Waals surface area contributed by atoms with Crippen LogP contribution in [0.2, 0.25) is 0 Å². The van der Waals surface area contributed by atoms with Crippen LogP contribution < -0.4 is 16.0 Å². The van der Waals surface area contributed by atoms with Crippen molar-refractivity contribution < 1.29 is 9.84 Å². The molecule has 1 aromatic carbocycles. The summed E-state index contributed by atoms with van der Waals surface area (Å²) in [5, 5.41) is 9.77. The van der Waals surface area contributed by atoms with E-state index in [0.29, 0.717) is 13.0 Å². The van der Waals surface area contributed by atoms with Gasteiger partial charge < -0.3 is 9.84 Å². The van der Waals surface area contributed by atoms with E-state index in [1.807, 2.05) is 24.3 Å². The number of rotatable bonds is 5. The van der Waals surface area contributed by atoms with Crippen molar-refractivity contribution in [2.45, 2.75) is 6.42 Å². The third-order valence-electron chi connectivity index (χ3n) is 3.24. The number of aromatic amines is 1. The Bertz CT molecular complexity index is 788. The fourth-order valence-electron chi connectivity index (χ4n) is 1.88. The number of methoxy groups -OCH3 is 1. The van der Waals surface area contributed by atoms with Crippen molar-refractivity contribution in [3.05, 3.63) is 56.2 Å². The summed E-state index contributed by atoms with van der Waals surface area (Å²) in [4.78, 5) is 29.1. The minimum absolute atomic E-state index is 0.0307. The fraction of sp³-hybridized carbons (Fsp3) is 0.267. The number of ether oxygens (including phenoxy) is 1. The minimum atomic E-state index is -0.669. The molecule has 2 rings (SSSR count). The Morgan fingerprint density at radius 1 is 1.32 bits per heavy atom. The summed E-state index contributed by atoms with van der Waals surface area (Å²) in [5.74, 6) is 0.385. The quantitative estimate of drug-likeness (QED) is 0.784. The summed E-state index contributed by atoms with van der Waals surface area (Å²) in [7, 11) is 2.97. The molecule has 0 saturated heterocycles. The highest BCUT2D eigenvalue weighted by Gasteiger charge is 2.08. The van der Waals surface area contributed by atoms with E-state index in [4.69, 9.17) is 4.74 Å². The molecule has 1 aromatic heterocycles. The lowest BCUT2D eigenvalue weighted by atomic mass is 10.1. The average molecular weight is 303 g/mol. The van der Waals surface area contributed by atoms with Crippen molar-refractivity contribution >= 4 is 6.21 Å². The summed E-state index contributed by atoms with van der Waals surface area (Å²) >= 11 is 0. The lowest BCUT2D eigenvalue weighted by Crippen LogP contribution is -2.30. The Kier molecular flexibility index (Phi) is 4.77. The Hall–Kier alpha value is -2.83. The van der Waals surface area contributed by atoms with Crippen LogP contribution in [0.25, 0.3) is 0 Å². The predicted octanol–water partition coefficient (Wildman–Crippen LogP) is 0.449. The molecular formula is C15H17N3O4. The van der Waals surface area contributed by atoms with Gasteiger partial charge in [0, 0.05) is 19.8 Å². The first-order valence-corrected chi connectivity index (χ1v) is 6.68. The predicted molar refractivity (Wildman–Crippen MR) is 83.1 cm³/mol. The van der Waals surface area contributed by atoms with E-state index in [1.54, 1.807) is 7.11 Å². The zero-order valence-electron chi connectivity index (χ0n) is 12.4. The average Bonchev–Trinajstić information content (AvgIpc) is 2.52. The van der Waals surface area contributed by atoms with Gasteiger partial charge in [0.05, 0.1) is 7.11 Å². The zero-order valence-corrected chi connectivity index (χ0v) is 12.4. The van der Waals surface area contributed by atoms with Gasteiger partial charge in [-0.1, -0.05) is 12.1 Å². The zero-order chi connectivity index (χ0) is 16.1. The number of aliphatic imine (C=N–C) groups is 1. The SMILES string of the molecule is COc1ccc(CCN=Cc2c(O)n(C)c(=O)[nH]c2=O)cc1. The van der Waals surface area contributed by atoms with Crippen LogP contribution in [0, 0.1) is 0 Å². The third kappa shape index (κ3) is 3.43. The van der Waals surface area contributed by atoms with E-state index in [-0.39, 0.29) is 5.56 Å². The lowest BCUT2D eigenvalue weighted by Gasteiger charge is -2.03. The Morgan fingerprint density at radius 2 is 2.00 bits per heavy atom. The van der Waals surface area contributed by atoms with E-state index in [0.717, 1.165) is 15.9 Å². The molecule has 0 aliphatic heterocycles. The largest absolute Gasteiger partial charge is 0.497 e. The highest BCUT2D eigenvalue weighted by atomic mass is 16.5. The Labute approximate surface area is 126 Å². The molecule has 0 radical (unpaired) electrons. The molecule has 0 aliphatic carbocycles. The van der Waals surface area contributed by atoms with Gasteiger partial charge in [0.25, 0.3) is 5.56 Å². The van der Waals surface area contributed by atoms with Crippen LogP contribution in [0.5, 0.6) is 11.6 Å². The van der Waals surface area contributed by atoms with Gasteiger partial charge in [-0.3, -0.25) is 19.3 Å². The molecule has 2 aromatic rings. The van der Waals surface area contributed by atoms with Gasteiger partial charge in [-0.05, 0) is 24.1 Å². The molecule has 7 nitrogen and oxygen atoms in total. The second-order valence-corrected chi connectivity index (χ2v) is 4.69. The van der Waals surface area contributed by atoms with Crippen LogP contribution in [0.3, 0.4) is 0 Å². The maximum Gasteiger partial charge on any atom is 0.330 e. The molecule has 22 heavy (non-hydrogen) atoms. The van der Waals surface area contributed by atoms with Gasteiger partial charge in [0.2, 0.25) is 5.88 Å². The maximum absolute atomic E-state index is 11.6. The molecule has 7 heteroatoms. The Balaban J connectivity index is 2.05. The molecule has 0 saturated carbocycles. The van der Waals surface area contributed by atoms with Gasteiger partial charge >= 0.3 is 5.69 Å². The van der Waals surface area contributed by atoms with Crippen LogP contribution >= 0.6 is 0 Å². The van der Waals surface area contributed by atoms with E-state index in [9.17, 15) is 14.7 Å². The number of H-pyrrole nitrogens is 1. The first-order chi connectivity index (χ1) is 10.5. The van der Waals surface area contributed by atoms with E-state index < -0.39 is 17.1 Å². The minimum Gasteiger partial charge on any atom is -0.497 e. The van der Waals surface area contributed by atoms with Crippen molar-refractivity contribution in [1.82, 2.24) is 9.55 Å². The number of benzene rings is 1. The van der Waals surface area contributed by atoms with Crippen molar-refractivity contribution in [2.75, 3.05) is 13.7 Å². The van der Waals surface area contributed by atoms with E-state index in [1.165, 1.54) is 13.3 Å². The molecule has 116 valence electrons. The van der Waals surface area contributed by atoms with Gasteiger partial charge in [0.15, 0.2) is 0 Å². The van der Waals surface area contributed by atoms with Crippen LogP contribution in [-0.2, 0) is 13.5 Å². The molecule has 2 N–H and O–H groups in total. The molecular weight excluding hydrogens is 286 g/mol. The number of hydrogen-bond acceptors (Lipinski definition) is 5. The van der Waals surface area contributed by atoms with Crippen LogP contribution in [0.4, 0.5) is 0 Å². The molecule has 0 atom stereocenters. The van der Waals surface area contributed by atoms with E-state index in [2.05, 4.69) is 9.98 Å². The highest BCUT2D eigenvalue weighted by Crippen LogP contribution is 2.11. The first-order valence-electron chi connectivity index (χ1n) is 6.68. The summed E-state index contributed by atoms with van der Waals surface area (Å²) in [6.45, 7) is 0.452. The topological polar surface area (TPSA) is 96.7 Å². The summed E-state index contributed by atoms with van der Waals surface area (Å²) < 4.78 is 6.03. The van der Waals surface area contributed by atoms with Gasteiger partial charge in [0.1, 0.15) is 11.3 Å². The third-order valence-corrected chi connectivity index (χ3v) is 3.24. The monoisotopic (exact) mass is 303 g/mol. The van der Waals surface area contributed by atoms with Crippen molar-refractivity contribution in [2.24, 2.45) is 12.0 Å². The van der Waals surface area contributed by atoms with Crippen LogP contribution in [0.1, 0.15) is 11.1 Å². The number of nitrogens with one attached hydrogen (secondary N) is 1. The number of aromatic hydroxyl groups is 1. The van der Waals surface area contributed by atoms with Crippen molar-refractivity contribution in [3.8, 4) is 11.6 Å². The van der Waals surface area contributed by atoms with Crippen LogP contribution in [0.15, 0.2) is 38.8 Å². The van der Waals surface area contributed by atoms with Crippen molar-refractivity contribution in [1.29, 1.82) is 0 Å². The molecule has 1 heterocycles. The maximum atomic E-state index is 11.6. The number of hydrogen-bond donors (Lipinski definition) is 2. The summed E-state index contributed by atoms with van der Waals surface area (Å²) in [6, 6.07) is 7.60. The second-order valence-electron chi connectivity index (χ2n) is 4.69. The van der Waals surface area contributed by atoms with Gasteiger partial charge in [-0.2, -0.15) is 0 Å². The molecule has 0 fully saturated rings. The molecule has 0 aliphatic rings. The van der Waals surface area contributed by atoms with Gasteiger partial charge in [-0.25, -0.2) is 4.79 Å². The molecule has 0 unspecified atom stereocenters. The summed E-state index contributed by atoms with van der Waals surface area (Å²) in [5.41, 5.74) is -0.278. The fourth-order valence-corrected chi connectivity index (χ4v) is 1.88. The van der Waals surface area contributed by atoms with Gasteiger partial charge in [-0.15, -0.1) is 0 Å². The summed E-state index contributed by atoms with van der Waals surface area (Å²) in [6.07, 6.45) is 1.96.